The van der Waals surface area contributed by atoms with Crippen LogP contribution in [0, 0.1) is 26.0 Å². The zero-order valence-electron chi connectivity index (χ0n) is 9.00. The lowest BCUT2D eigenvalue weighted by Gasteiger charge is -2.02. The zero-order valence-corrected chi connectivity index (χ0v) is 10.6. The van der Waals surface area contributed by atoms with Crippen molar-refractivity contribution in [3.8, 4) is 11.1 Å². The first kappa shape index (κ1) is 13.4. The Balaban J connectivity index is 2.62. The second kappa shape index (κ2) is 4.90. The van der Waals surface area contributed by atoms with Gasteiger partial charge in [0.25, 0.3) is 5.69 Å². The van der Waals surface area contributed by atoms with Gasteiger partial charge in [0.2, 0.25) is 0 Å². The molecule has 6 nitrogen and oxygen atoms in total. The predicted molar refractivity (Wildman–Crippen MR) is 68.0 cm³/mol. The summed E-state index contributed by atoms with van der Waals surface area (Å²) in [5.41, 5.74) is -0.241. The second-order valence-corrected chi connectivity index (χ2v) is 4.77. The number of nitrogens with zero attached hydrogens (tertiary/aromatic N) is 2. The van der Waals surface area contributed by atoms with E-state index in [1.165, 1.54) is 5.38 Å². The van der Waals surface area contributed by atoms with Crippen molar-refractivity contribution in [1.82, 2.24) is 0 Å². The minimum Gasteiger partial charge on any atom is -0.258 e. The summed E-state index contributed by atoms with van der Waals surface area (Å²) in [4.78, 5) is 20.1. The van der Waals surface area contributed by atoms with Gasteiger partial charge in [0.15, 0.2) is 0 Å². The van der Waals surface area contributed by atoms with Crippen LogP contribution in [0.4, 0.5) is 15.1 Å². The van der Waals surface area contributed by atoms with Crippen LogP contribution in [0.5, 0.6) is 0 Å². The molecule has 0 aliphatic heterocycles. The average Bonchev–Trinajstić information content (AvgIpc) is 2.81. The Bertz CT molecular complexity index is 688. The van der Waals surface area contributed by atoms with Crippen molar-refractivity contribution < 1.29 is 14.2 Å². The van der Waals surface area contributed by atoms with Crippen LogP contribution >= 0.6 is 22.9 Å². The SMILES string of the molecule is O=[N+]([O-])c1cc(-c2cc(F)c(Cl)cc2[N+](=O)[O-])cs1. The van der Waals surface area contributed by atoms with Crippen LogP contribution in [0.3, 0.4) is 0 Å². The molecule has 2 rings (SSSR count). The van der Waals surface area contributed by atoms with Crippen molar-refractivity contribution in [3.63, 3.8) is 0 Å². The van der Waals surface area contributed by atoms with Gasteiger partial charge in [-0.25, -0.2) is 4.39 Å². The molecule has 1 heterocycles. The van der Waals surface area contributed by atoms with Crippen LogP contribution in [0.1, 0.15) is 0 Å². The molecule has 0 spiro atoms. The fourth-order valence-electron chi connectivity index (χ4n) is 1.48. The number of hydrogen-bond acceptors (Lipinski definition) is 5. The maximum atomic E-state index is 13.4. The van der Waals surface area contributed by atoms with Gasteiger partial charge >= 0.3 is 5.00 Å². The van der Waals surface area contributed by atoms with Crippen molar-refractivity contribution >= 4 is 33.6 Å². The zero-order chi connectivity index (χ0) is 14.2. The van der Waals surface area contributed by atoms with E-state index < -0.39 is 21.4 Å². The molecule has 0 aliphatic carbocycles. The van der Waals surface area contributed by atoms with Crippen molar-refractivity contribution in [2.24, 2.45) is 0 Å². The van der Waals surface area contributed by atoms with Crippen LogP contribution in [-0.4, -0.2) is 9.85 Å². The third-order valence-corrected chi connectivity index (χ3v) is 3.48. The van der Waals surface area contributed by atoms with E-state index in [9.17, 15) is 24.6 Å². The Morgan fingerprint density at radius 3 is 2.37 bits per heavy atom. The highest BCUT2D eigenvalue weighted by molar-refractivity contribution is 7.13. The lowest BCUT2D eigenvalue weighted by molar-refractivity contribution is -0.384. The van der Waals surface area contributed by atoms with Crippen LogP contribution in [0.25, 0.3) is 11.1 Å². The summed E-state index contributed by atoms with van der Waals surface area (Å²) >= 11 is 6.29. The van der Waals surface area contributed by atoms with E-state index in [1.807, 2.05) is 0 Å². The van der Waals surface area contributed by atoms with Crippen LogP contribution < -0.4 is 0 Å². The number of benzene rings is 1. The topological polar surface area (TPSA) is 86.3 Å². The molecule has 0 amide bonds. The molecule has 2 aromatic rings. The van der Waals surface area contributed by atoms with E-state index in [0.29, 0.717) is 0 Å². The number of nitro groups is 2. The smallest absolute Gasteiger partial charge is 0.258 e. The van der Waals surface area contributed by atoms with Crippen molar-refractivity contribution in [1.29, 1.82) is 0 Å². The van der Waals surface area contributed by atoms with Gasteiger partial charge in [-0.2, -0.15) is 0 Å². The third-order valence-electron chi connectivity index (χ3n) is 2.31. The summed E-state index contributed by atoms with van der Waals surface area (Å²) in [5.74, 6) is -0.823. The minimum absolute atomic E-state index is 0.0451. The fourth-order valence-corrected chi connectivity index (χ4v) is 2.36. The van der Waals surface area contributed by atoms with Gasteiger partial charge in [-0.1, -0.05) is 22.9 Å². The number of thiophene rings is 1. The van der Waals surface area contributed by atoms with Crippen molar-refractivity contribution in [3.05, 3.63) is 54.6 Å². The van der Waals surface area contributed by atoms with Crippen LogP contribution in [0.15, 0.2) is 23.6 Å². The largest absolute Gasteiger partial charge is 0.324 e. The Kier molecular flexibility index (Phi) is 3.45. The van der Waals surface area contributed by atoms with Gasteiger partial charge in [0.1, 0.15) is 5.82 Å². The summed E-state index contributed by atoms with van der Waals surface area (Å²) in [6, 6.07) is 2.93. The molecule has 0 saturated heterocycles. The van der Waals surface area contributed by atoms with E-state index in [1.54, 1.807) is 0 Å². The Morgan fingerprint density at radius 1 is 1.16 bits per heavy atom. The van der Waals surface area contributed by atoms with Gasteiger partial charge in [0.05, 0.1) is 20.4 Å². The van der Waals surface area contributed by atoms with E-state index >= 15 is 0 Å². The molecule has 0 radical (unpaired) electrons. The van der Waals surface area contributed by atoms with Crippen molar-refractivity contribution in [2.45, 2.75) is 0 Å². The lowest BCUT2D eigenvalue weighted by Crippen LogP contribution is -1.93. The number of halogens is 2. The normalized spacial score (nSPS) is 10.4. The first-order chi connectivity index (χ1) is 8.90. The molecule has 1 aromatic carbocycles. The molecule has 0 fully saturated rings. The molecule has 19 heavy (non-hydrogen) atoms. The molecule has 0 unspecified atom stereocenters. The molecular weight excluding hydrogens is 299 g/mol. The predicted octanol–water partition coefficient (Wildman–Crippen LogP) is 4.02. The molecule has 0 aliphatic rings. The fraction of sp³-hybridized carbons (Fsp3) is 0. The summed E-state index contributed by atoms with van der Waals surface area (Å²) in [6.45, 7) is 0. The van der Waals surface area contributed by atoms with Crippen molar-refractivity contribution in [2.75, 3.05) is 0 Å². The van der Waals surface area contributed by atoms with Crippen LogP contribution in [-0.2, 0) is 0 Å². The Hall–Kier alpha value is -2.06. The van der Waals surface area contributed by atoms with Gasteiger partial charge in [-0.05, 0) is 6.07 Å². The summed E-state index contributed by atoms with van der Waals surface area (Å²) in [6.07, 6.45) is 0. The highest BCUT2D eigenvalue weighted by Crippen LogP contribution is 2.38. The van der Waals surface area contributed by atoms with E-state index in [-0.39, 0.29) is 21.2 Å². The Morgan fingerprint density at radius 2 is 1.84 bits per heavy atom. The number of nitro benzene ring substituents is 1. The average molecular weight is 303 g/mol. The molecule has 0 saturated carbocycles. The van der Waals surface area contributed by atoms with E-state index in [4.69, 9.17) is 11.6 Å². The monoisotopic (exact) mass is 302 g/mol. The van der Waals surface area contributed by atoms with E-state index in [0.717, 1.165) is 29.5 Å². The molecule has 0 atom stereocenters. The molecule has 1 aromatic heterocycles. The Labute approximate surface area is 114 Å². The summed E-state index contributed by atoms with van der Waals surface area (Å²) in [5, 5.41) is 22.3. The maximum absolute atomic E-state index is 13.4. The van der Waals surface area contributed by atoms with Gasteiger partial charge in [0, 0.05) is 23.1 Å². The summed E-state index contributed by atoms with van der Waals surface area (Å²) < 4.78 is 13.4. The molecular formula is C10H4ClFN2O4S. The standard InChI is InChI=1S/C10H4ClFN2O4S/c11-7-3-9(13(15)16)6(2-8(7)12)5-1-10(14(17)18)19-4-5/h1-4H. The van der Waals surface area contributed by atoms with Gasteiger partial charge < -0.3 is 0 Å². The molecule has 9 heteroatoms. The highest BCUT2D eigenvalue weighted by Gasteiger charge is 2.21. The first-order valence-electron chi connectivity index (χ1n) is 4.77. The molecule has 0 N–H and O–H groups in total. The molecule has 98 valence electrons. The first-order valence-corrected chi connectivity index (χ1v) is 6.02. The minimum atomic E-state index is -0.823. The maximum Gasteiger partial charge on any atom is 0.324 e. The number of rotatable bonds is 3. The quantitative estimate of drug-likeness (QED) is 0.632. The van der Waals surface area contributed by atoms with Gasteiger partial charge in [-0.15, -0.1) is 0 Å². The van der Waals surface area contributed by atoms with Crippen LogP contribution in [0.2, 0.25) is 5.02 Å². The lowest BCUT2D eigenvalue weighted by atomic mass is 10.1. The third kappa shape index (κ3) is 2.54. The number of hydrogen-bond donors (Lipinski definition) is 0. The van der Waals surface area contributed by atoms with Gasteiger partial charge in [-0.3, -0.25) is 20.2 Å². The summed E-state index contributed by atoms with van der Waals surface area (Å²) in [7, 11) is 0. The van der Waals surface area contributed by atoms with E-state index in [2.05, 4.69) is 0 Å². The second-order valence-electron chi connectivity index (χ2n) is 3.47. The molecule has 0 bridgehead atoms. The highest BCUT2D eigenvalue weighted by atomic mass is 35.5.